The Bertz CT molecular complexity index is 516. The smallest absolute Gasteiger partial charge is 0.314 e. The maximum Gasteiger partial charge on any atom is 0.314 e. The van der Waals surface area contributed by atoms with Crippen LogP contribution in [-0.4, -0.2) is 17.2 Å². The number of carboxylic acids is 1. The molecular formula is C16H19ClO3. The number of hydrogen-bond acceptors (Lipinski definition) is 2. The highest BCUT2D eigenvalue weighted by Gasteiger charge is 2.41. The summed E-state index contributed by atoms with van der Waals surface area (Å²) in [5.41, 5.74) is 0.0536. The summed E-state index contributed by atoms with van der Waals surface area (Å²) in [5.74, 6) is -0.0570. The maximum atomic E-state index is 11.8. The van der Waals surface area contributed by atoms with Crippen LogP contribution in [0.25, 0.3) is 0 Å². The summed E-state index contributed by atoms with van der Waals surface area (Å²) in [7, 11) is 0. The van der Waals surface area contributed by atoms with Crippen LogP contribution in [0.1, 0.15) is 50.5 Å². The molecule has 20 heavy (non-hydrogen) atoms. The van der Waals surface area contributed by atoms with Crippen LogP contribution < -0.4 is 4.74 Å². The van der Waals surface area contributed by atoms with Gasteiger partial charge in [0.15, 0.2) is 0 Å². The lowest BCUT2D eigenvalue weighted by Crippen LogP contribution is -2.37. The summed E-state index contributed by atoms with van der Waals surface area (Å²) in [6, 6.07) is 5.50. The van der Waals surface area contributed by atoms with Crippen LogP contribution in [0.2, 0.25) is 5.02 Å². The summed E-state index contributed by atoms with van der Waals surface area (Å²) in [6.45, 7) is 0. The zero-order valence-corrected chi connectivity index (χ0v) is 12.2. The number of benzene rings is 1. The average molecular weight is 295 g/mol. The molecule has 0 atom stereocenters. The van der Waals surface area contributed by atoms with Gasteiger partial charge in [0.1, 0.15) is 5.75 Å². The second-order valence-corrected chi connectivity index (χ2v) is 6.32. The fourth-order valence-corrected chi connectivity index (χ4v) is 3.27. The number of aliphatic carboxylic acids is 1. The van der Waals surface area contributed by atoms with E-state index < -0.39 is 11.4 Å². The Morgan fingerprint density at radius 1 is 1.25 bits per heavy atom. The van der Waals surface area contributed by atoms with Crippen LogP contribution in [-0.2, 0) is 10.2 Å². The Morgan fingerprint density at radius 3 is 2.50 bits per heavy atom. The van der Waals surface area contributed by atoms with Gasteiger partial charge in [-0.3, -0.25) is 4.79 Å². The van der Waals surface area contributed by atoms with Crippen LogP contribution in [0.5, 0.6) is 5.75 Å². The first-order valence-electron chi connectivity index (χ1n) is 7.32. The van der Waals surface area contributed by atoms with Crippen molar-refractivity contribution in [3.05, 3.63) is 28.8 Å². The van der Waals surface area contributed by atoms with Crippen molar-refractivity contribution < 1.29 is 14.6 Å². The van der Waals surface area contributed by atoms with Gasteiger partial charge < -0.3 is 9.84 Å². The number of halogens is 1. The Balaban J connectivity index is 1.90. The molecule has 3 rings (SSSR count). The van der Waals surface area contributed by atoms with Crippen LogP contribution in [0.4, 0.5) is 0 Å². The Morgan fingerprint density at radius 2 is 1.95 bits per heavy atom. The van der Waals surface area contributed by atoms with Crippen molar-refractivity contribution in [3.63, 3.8) is 0 Å². The average Bonchev–Trinajstić information content (AvgIpc) is 3.25. The molecule has 2 aliphatic rings. The van der Waals surface area contributed by atoms with Crippen LogP contribution >= 0.6 is 11.6 Å². The van der Waals surface area contributed by atoms with Crippen molar-refractivity contribution in [3.8, 4) is 5.75 Å². The normalized spacial score (nSPS) is 21.4. The Hall–Kier alpha value is -1.22. The molecule has 1 N–H and O–H groups in total. The number of carboxylic acid groups (broad SMARTS) is 1. The van der Waals surface area contributed by atoms with Gasteiger partial charge in [-0.2, -0.15) is 0 Å². The predicted molar refractivity (Wildman–Crippen MR) is 77.5 cm³/mol. The van der Waals surface area contributed by atoms with Gasteiger partial charge in [-0.05, 0) is 43.4 Å². The van der Waals surface area contributed by atoms with Gasteiger partial charge in [-0.25, -0.2) is 0 Å². The third kappa shape index (κ3) is 2.51. The highest BCUT2D eigenvalue weighted by molar-refractivity contribution is 6.32. The molecule has 0 bridgehead atoms. The predicted octanol–water partition coefficient (Wildman–Crippen LogP) is 4.17. The molecule has 2 aliphatic carbocycles. The number of rotatable bonds is 4. The van der Waals surface area contributed by atoms with E-state index in [2.05, 4.69) is 0 Å². The fraction of sp³-hybridized carbons (Fsp3) is 0.562. The van der Waals surface area contributed by atoms with Crippen molar-refractivity contribution in [2.45, 2.75) is 56.5 Å². The van der Waals surface area contributed by atoms with Crippen LogP contribution in [0.3, 0.4) is 0 Å². The van der Waals surface area contributed by atoms with Gasteiger partial charge >= 0.3 is 5.97 Å². The van der Waals surface area contributed by atoms with E-state index in [1.54, 1.807) is 6.07 Å². The van der Waals surface area contributed by atoms with E-state index >= 15 is 0 Å². The first kappa shape index (κ1) is 13.7. The molecule has 0 radical (unpaired) electrons. The summed E-state index contributed by atoms with van der Waals surface area (Å²) < 4.78 is 5.71. The van der Waals surface area contributed by atoms with Crippen molar-refractivity contribution in [1.82, 2.24) is 0 Å². The van der Waals surface area contributed by atoms with Crippen LogP contribution in [0, 0.1) is 0 Å². The molecular weight excluding hydrogens is 276 g/mol. The van der Waals surface area contributed by atoms with Crippen LogP contribution in [0.15, 0.2) is 18.2 Å². The van der Waals surface area contributed by atoms with E-state index in [1.165, 1.54) is 0 Å². The molecule has 1 aromatic rings. The molecule has 0 aromatic heterocycles. The summed E-state index contributed by atoms with van der Waals surface area (Å²) >= 11 is 6.27. The van der Waals surface area contributed by atoms with Gasteiger partial charge in [-0.1, -0.05) is 36.9 Å². The fourth-order valence-electron chi connectivity index (χ4n) is 3.04. The lowest BCUT2D eigenvalue weighted by atomic mass is 9.69. The van der Waals surface area contributed by atoms with Gasteiger partial charge in [0.25, 0.3) is 0 Å². The second-order valence-electron chi connectivity index (χ2n) is 5.91. The zero-order valence-electron chi connectivity index (χ0n) is 11.4. The molecule has 3 nitrogen and oxygen atoms in total. The quantitative estimate of drug-likeness (QED) is 0.906. The molecule has 0 unspecified atom stereocenters. The minimum absolute atomic E-state index is 0.293. The van der Waals surface area contributed by atoms with E-state index in [4.69, 9.17) is 16.3 Å². The Kier molecular flexibility index (Phi) is 3.63. The molecule has 0 aliphatic heterocycles. The molecule has 2 fully saturated rings. The molecule has 0 saturated heterocycles. The third-order valence-electron chi connectivity index (χ3n) is 4.42. The van der Waals surface area contributed by atoms with Gasteiger partial charge in [0.05, 0.1) is 16.5 Å². The van der Waals surface area contributed by atoms with Gasteiger partial charge in [0, 0.05) is 0 Å². The van der Waals surface area contributed by atoms with Gasteiger partial charge in [0.2, 0.25) is 0 Å². The molecule has 0 heterocycles. The Labute approximate surface area is 123 Å². The van der Waals surface area contributed by atoms with E-state index in [0.29, 0.717) is 29.7 Å². The van der Waals surface area contributed by atoms with Gasteiger partial charge in [-0.15, -0.1) is 0 Å². The third-order valence-corrected chi connectivity index (χ3v) is 4.71. The molecule has 108 valence electrons. The summed E-state index contributed by atoms with van der Waals surface area (Å²) in [5, 5.41) is 10.2. The zero-order chi connectivity index (χ0) is 14.2. The lowest BCUT2D eigenvalue weighted by molar-refractivity contribution is -0.145. The van der Waals surface area contributed by atoms with E-state index in [9.17, 15) is 9.90 Å². The first-order chi connectivity index (χ1) is 9.62. The first-order valence-corrected chi connectivity index (χ1v) is 7.70. The second kappa shape index (κ2) is 5.28. The molecule has 2 saturated carbocycles. The van der Waals surface area contributed by atoms with Crippen molar-refractivity contribution in [2.24, 2.45) is 0 Å². The standard InChI is InChI=1S/C16H19ClO3/c17-13-10-11(4-7-14(13)20-12-5-6-12)16(15(18)19)8-2-1-3-9-16/h4,7,10,12H,1-3,5-6,8-9H2,(H,18,19). The van der Waals surface area contributed by atoms with E-state index in [0.717, 1.165) is 37.7 Å². The molecule has 0 amide bonds. The summed E-state index contributed by atoms with van der Waals surface area (Å²) in [4.78, 5) is 11.8. The summed E-state index contributed by atoms with van der Waals surface area (Å²) in [6.07, 6.45) is 6.89. The number of carbonyl (C=O) groups is 1. The molecule has 4 heteroatoms. The topological polar surface area (TPSA) is 46.5 Å². The maximum absolute atomic E-state index is 11.8. The van der Waals surface area contributed by atoms with Crippen molar-refractivity contribution in [2.75, 3.05) is 0 Å². The lowest BCUT2D eigenvalue weighted by Gasteiger charge is -2.33. The number of ether oxygens (including phenoxy) is 1. The molecule has 1 aromatic carbocycles. The van der Waals surface area contributed by atoms with Crippen molar-refractivity contribution >= 4 is 17.6 Å². The van der Waals surface area contributed by atoms with E-state index in [1.807, 2.05) is 12.1 Å². The number of hydrogen-bond donors (Lipinski definition) is 1. The van der Waals surface area contributed by atoms with E-state index in [-0.39, 0.29) is 0 Å². The monoisotopic (exact) mass is 294 g/mol. The van der Waals surface area contributed by atoms with Crippen molar-refractivity contribution in [1.29, 1.82) is 0 Å². The largest absolute Gasteiger partial charge is 0.489 e. The minimum Gasteiger partial charge on any atom is -0.489 e. The SMILES string of the molecule is O=C(O)C1(c2ccc(OC3CC3)c(Cl)c2)CCCCC1. The highest BCUT2D eigenvalue weighted by Crippen LogP contribution is 2.42. The molecule has 0 spiro atoms. The minimum atomic E-state index is -0.764. The highest BCUT2D eigenvalue weighted by atomic mass is 35.5.